The summed E-state index contributed by atoms with van der Waals surface area (Å²) in [6, 6.07) is 14.1. The highest BCUT2D eigenvalue weighted by atomic mass is 35.5. The summed E-state index contributed by atoms with van der Waals surface area (Å²) in [5, 5.41) is 0.238. The molecule has 2 heterocycles. The summed E-state index contributed by atoms with van der Waals surface area (Å²) in [6.07, 6.45) is 1.67. The zero-order valence-electron chi connectivity index (χ0n) is 17.2. The molecule has 0 spiro atoms. The lowest BCUT2D eigenvalue weighted by molar-refractivity contribution is -0.137. The molecule has 2 aromatic carbocycles. The average Bonchev–Trinajstić information content (AvgIpc) is 3.06. The number of ether oxygens (including phenoxy) is 2. The molecule has 0 N–H and O–H groups in total. The lowest BCUT2D eigenvalue weighted by Gasteiger charge is -2.26. The molecule has 4 rings (SSSR count). The third kappa shape index (κ3) is 5.51. The molecule has 2 saturated heterocycles. The SMILES string of the molecule is O=C(COc1ccc(/C=C2\SC(=O)N(Cc3cccc(Cl)c3)C2=O)cc1)N1CCOCC1. The van der Waals surface area contributed by atoms with Crippen molar-refractivity contribution >= 4 is 46.5 Å². The number of carbonyl (C=O) groups excluding carboxylic acids is 3. The fourth-order valence-corrected chi connectivity index (χ4v) is 4.37. The predicted octanol–water partition coefficient (Wildman–Crippen LogP) is 3.81. The summed E-state index contributed by atoms with van der Waals surface area (Å²) in [7, 11) is 0. The fourth-order valence-electron chi connectivity index (χ4n) is 3.31. The number of rotatable bonds is 6. The highest BCUT2D eigenvalue weighted by Gasteiger charge is 2.35. The molecule has 2 fully saturated rings. The lowest BCUT2D eigenvalue weighted by atomic mass is 10.2. The molecule has 0 saturated carbocycles. The number of carbonyl (C=O) groups is 3. The first-order valence-corrected chi connectivity index (χ1v) is 11.3. The minimum Gasteiger partial charge on any atom is -0.484 e. The molecular weight excluding hydrogens is 452 g/mol. The van der Waals surface area contributed by atoms with Gasteiger partial charge in [0, 0.05) is 18.1 Å². The first-order valence-electron chi connectivity index (χ1n) is 10.1. The van der Waals surface area contributed by atoms with Crippen molar-refractivity contribution in [1.29, 1.82) is 0 Å². The number of benzene rings is 2. The number of hydrogen-bond acceptors (Lipinski definition) is 6. The zero-order chi connectivity index (χ0) is 22.5. The van der Waals surface area contributed by atoms with Crippen LogP contribution in [0.5, 0.6) is 5.75 Å². The molecule has 0 unspecified atom stereocenters. The van der Waals surface area contributed by atoms with Gasteiger partial charge >= 0.3 is 0 Å². The van der Waals surface area contributed by atoms with Crippen LogP contribution in [0.3, 0.4) is 0 Å². The number of thioether (sulfide) groups is 1. The number of nitrogens with zero attached hydrogens (tertiary/aromatic N) is 2. The van der Waals surface area contributed by atoms with Crippen molar-refractivity contribution in [3.8, 4) is 5.75 Å². The van der Waals surface area contributed by atoms with E-state index in [1.807, 2.05) is 6.07 Å². The second kappa shape index (κ2) is 10.2. The number of halogens is 1. The molecule has 0 atom stereocenters. The monoisotopic (exact) mass is 472 g/mol. The molecule has 2 aromatic rings. The number of imide groups is 1. The first kappa shape index (κ1) is 22.4. The average molecular weight is 473 g/mol. The van der Waals surface area contributed by atoms with Gasteiger partial charge in [0.15, 0.2) is 6.61 Å². The van der Waals surface area contributed by atoms with Gasteiger partial charge in [-0.15, -0.1) is 0 Å². The minimum atomic E-state index is -0.337. The van der Waals surface area contributed by atoms with E-state index in [9.17, 15) is 14.4 Å². The quantitative estimate of drug-likeness (QED) is 0.595. The van der Waals surface area contributed by atoms with E-state index >= 15 is 0 Å². The van der Waals surface area contributed by atoms with E-state index in [0.29, 0.717) is 42.0 Å². The van der Waals surface area contributed by atoms with Crippen molar-refractivity contribution in [2.45, 2.75) is 6.54 Å². The van der Waals surface area contributed by atoms with E-state index in [1.165, 1.54) is 4.90 Å². The van der Waals surface area contributed by atoms with Gasteiger partial charge in [-0.05, 0) is 53.2 Å². The second-order valence-electron chi connectivity index (χ2n) is 7.25. The largest absolute Gasteiger partial charge is 0.484 e. The van der Waals surface area contributed by atoms with Gasteiger partial charge in [-0.2, -0.15) is 0 Å². The number of morpholine rings is 1. The Labute approximate surface area is 194 Å². The number of amides is 3. The van der Waals surface area contributed by atoms with Crippen LogP contribution in [0.25, 0.3) is 6.08 Å². The van der Waals surface area contributed by atoms with Gasteiger partial charge in [0.2, 0.25) is 0 Å². The second-order valence-corrected chi connectivity index (χ2v) is 8.68. The van der Waals surface area contributed by atoms with Gasteiger partial charge in [-0.1, -0.05) is 35.9 Å². The van der Waals surface area contributed by atoms with Crippen LogP contribution in [0.15, 0.2) is 53.4 Å². The van der Waals surface area contributed by atoms with Gasteiger partial charge < -0.3 is 14.4 Å². The Morgan fingerprint density at radius 3 is 2.59 bits per heavy atom. The maximum atomic E-state index is 12.7. The molecular formula is C23H21ClN2O5S. The molecule has 0 bridgehead atoms. The van der Waals surface area contributed by atoms with E-state index in [2.05, 4.69) is 0 Å². The summed E-state index contributed by atoms with van der Waals surface area (Å²) in [5.74, 6) is 0.139. The van der Waals surface area contributed by atoms with Gasteiger partial charge in [0.05, 0.1) is 24.7 Å². The van der Waals surface area contributed by atoms with E-state index < -0.39 is 0 Å². The van der Waals surface area contributed by atoms with Crippen LogP contribution >= 0.6 is 23.4 Å². The van der Waals surface area contributed by atoms with Crippen LogP contribution in [-0.2, 0) is 20.9 Å². The van der Waals surface area contributed by atoms with Gasteiger partial charge in [-0.3, -0.25) is 19.3 Å². The molecule has 2 aliphatic rings. The summed E-state index contributed by atoms with van der Waals surface area (Å²) in [5.41, 5.74) is 1.54. The standard InChI is InChI=1S/C23H21ClN2O5S/c24-18-3-1-2-17(12-18)14-26-22(28)20(32-23(26)29)13-16-4-6-19(7-5-16)31-15-21(27)25-8-10-30-11-9-25/h1-7,12-13H,8-11,14-15H2/b20-13-. The van der Waals surface area contributed by atoms with Gasteiger partial charge in [0.25, 0.3) is 17.1 Å². The Morgan fingerprint density at radius 2 is 1.88 bits per heavy atom. The molecule has 9 heteroatoms. The zero-order valence-corrected chi connectivity index (χ0v) is 18.7. The third-order valence-corrected chi connectivity index (χ3v) is 6.15. The van der Waals surface area contributed by atoms with E-state index in [4.69, 9.17) is 21.1 Å². The molecule has 2 aliphatic heterocycles. The Bertz CT molecular complexity index is 1050. The van der Waals surface area contributed by atoms with Crippen LogP contribution in [0.1, 0.15) is 11.1 Å². The van der Waals surface area contributed by atoms with E-state index in [-0.39, 0.29) is 30.2 Å². The maximum Gasteiger partial charge on any atom is 0.293 e. The lowest BCUT2D eigenvalue weighted by Crippen LogP contribution is -2.42. The van der Waals surface area contributed by atoms with Crippen molar-refractivity contribution in [3.05, 3.63) is 69.6 Å². The highest BCUT2D eigenvalue weighted by Crippen LogP contribution is 2.33. The van der Waals surface area contributed by atoms with Gasteiger partial charge in [-0.25, -0.2) is 0 Å². The minimum absolute atomic E-state index is 0.0399. The molecule has 3 amide bonds. The maximum absolute atomic E-state index is 12.7. The van der Waals surface area contributed by atoms with Crippen molar-refractivity contribution in [3.63, 3.8) is 0 Å². The summed E-state index contributed by atoms with van der Waals surface area (Å²) in [6.45, 7) is 2.38. The normalized spacial score (nSPS) is 17.8. The Hall–Kier alpha value is -2.81. The molecule has 0 aromatic heterocycles. The molecule has 32 heavy (non-hydrogen) atoms. The third-order valence-electron chi connectivity index (χ3n) is 5.01. The number of hydrogen-bond donors (Lipinski definition) is 0. The Morgan fingerprint density at radius 1 is 1.12 bits per heavy atom. The summed E-state index contributed by atoms with van der Waals surface area (Å²) >= 11 is 6.90. The van der Waals surface area contributed by atoms with E-state index in [1.54, 1.807) is 53.4 Å². The van der Waals surface area contributed by atoms with Gasteiger partial charge in [0.1, 0.15) is 5.75 Å². The Kier molecular flexibility index (Phi) is 7.14. The van der Waals surface area contributed by atoms with Crippen molar-refractivity contribution in [2.75, 3.05) is 32.9 Å². The first-order chi connectivity index (χ1) is 15.5. The van der Waals surface area contributed by atoms with E-state index in [0.717, 1.165) is 22.9 Å². The molecule has 166 valence electrons. The van der Waals surface area contributed by atoms with Crippen LogP contribution in [0, 0.1) is 0 Å². The van der Waals surface area contributed by atoms with Crippen LogP contribution < -0.4 is 4.74 Å². The summed E-state index contributed by atoms with van der Waals surface area (Å²) in [4.78, 5) is 40.5. The van der Waals surface area contributed by atoms with Crippen LogP contribution in [0.4, 0.5) is 4.79 Å². The smallest absolute Gasteiger partial charge is 0.293 e. The highest BCUT2D eigenvalue weighted by molar-refractivity contribution is 8.18. The van der Waals surface area contributed by atoms with Crippen LogP contribution in [-0.4, -0.2) is 59.8 Å². The fraction of sp³-hybridized carbons (Fsp3) is 0.261. The van der Waals surface area contributed by atoms with Crippen LogP contribution in [0.2, 0.25) is 5.02 Å². The molecule has 0 aliphatic carbocycles. The Balaban J connectivity index is 1.35. The summed E-state index contributed by atoms with van der Waals surface area (Å²) < 4.78 is 10.8. The molecule has 7 nitrogen and oxygen atoms in total. The van der Waals surface area contributed by atoms with Crippen molar-refractivity contribution in [2.24, 2.45) is 0 Å². The molecule has 0 radical (unpaired) electrons. The van der Waals surface area contributed by atoms with Crippen molar-refractivity contribution in [1.82, 2.24) is 9.80 Å². The van der Waals surface area contributed by atoms with Crippen molar-refractivity contribution < 1.29 is 23.9 Å². The topological polar surface area (TPSA) is 76.2 Å². The predicted molar refractivity (Wildman–Crippen MR) is 122 cm³/mol.